The number of aliphatic hydroxyl groups is 1. The molecule has 1 amide bonds. The summed E-state index contributed by atoms with van der Waals surface area (Å²) in [5.41, 5.74) is 0.422. The lowest BCUT2D eigenvalue weighted by Gasteiger charge is -2.25. The number of halogens is 1. The Balaban J connectivity index is 1.73. The van der Waals surface area contributed by atoms with Gasteiger partial charge in [0.15, 0.2) is 0 Å². The van der Waals surface area contributed by atoms with E-state index in [0.29, 0.717) is 18.0 Å². The molecule has 0 radical (unpaired) electrons. The van der Waals surface area contributed by atoms with E-state index in [1.165, 1.54) is 12.1 Å². The summed E-state index contributed by atoms with van der Waals surface area (Å²) in [6.45, 7) is 3.31. The predicted octanol–water partition coefficient (Wildman–Crippen LogP) is 0.964. The molecule has 1 aromatic rings. The van der Waals surface area contributed by atoms with Crippen molar-refractivity contribution >= 4 is 5.91 Å². The minimum atomic E-state index is -0.375. The number of fused-ring (bicyclic) bond motifs is 1. The molecule has 20 heavy (non-hydrogen) atoms. The number of nitrogens with zero attached hydrogens (tertiary/aromatic N) is 2. The van der Waals surface area contributed by atoms with Crippen LogP contribution in [0.25, 0.3) is 0 Å². The highest BCUT2D eigenvalue weighted by Gasteiger charge is 2.43. The second kappa shape index (κ2) is 5.50. The van der Waals surface area contributed by atoms with Gasteiger partial charge in [-0.25, -0.2) is 4.39 Å². The normalized spacial score (nSPS) is 26.0. The third kappa shape index (κ3) is 2.43. The van der Waals surface area contributed by atoms with Crippen LogP contribution >= 0.6 is 0 Å². The molecular formula is C15H19FN2O2. The molecule has 2 aliphatic heterocycles. The molecule has 2 saturated heterocycles. The summed E-state index contributed by atoms with van der Waals surface area (Å²) in [6.07, 6.45) is 0.994. The van der Waals surface area contributed by atoms with Crippen LogP contribution < -0.4 is 0 Å². The SMILES string of the molecule is O=C(c1cccc(F)c1)N1CC[C@H]2CN(CCO)C[C@H]21. The van der Waals surface area contributed by atoms with Gasteiger partial charge in [0.2, 0.25) is 0 Å². The van der Waals surface area contributed by atoms with Gasteiger partial charge in [-0.3, -0.25) is 9.69 Å². The maximum atomic E-state index is 13.2. The first-order chi connectivity index (χ1) is 9.69. The van der Waals surface area contributed by atoms with E-state index in [1.54, 1.807) is 12.1 Å². The van der Waals surface area contributed by atoms with Crippen LogP contribution in [-0.4, -0.2) is 59.6 Å². The van der Waals surface area contributed by atoms with Gasteiger partial charge in [0.1, 0.15) is 5.82 Å². The zero-order chi connectivity index (χ0) is 14.1. The minimum absolute atomic E-state index is 0.0807. The molecule has 1 aromatic carbocycles. The fraction of sp³-hybridized carbons (Fsp3) is 0.533. The van der Waals surface area contributed by atoms with Crippen molar-refractivity contribution in [2.24, 2.45) is 5.92 Å². The molecular weight excluding hydrogens is 259 g/mol. The molecule has 0 aliphatic carbocycles. The van der Waals surface area contributed by atoms with Gasteiger partial charge in [-0.05, 0) is 30.5 Å². The molecule has 108 valence electrons. The van der Waals surface area contributed by atoms with Crippen molar-refractivity contribution in [3.63, 3.8) is 0 Å². The van der Waals surface area contributed by atoms with Gasteiger partial charge in [0.05, 0.1) is 6.61 Å². The predicted molar refractivity (Wildman–Crippen MR) is 72.9 cm³/mol. The highest BCUT2D eigenvalue weighted by atomic mass is 19.1. The summed E-state index contributed by atoms with van der Waals surface area (Å²) in [7, 11) is 0. The minimum Gasteiger partial charge on any atom is -0.395 e. The summed E-state index contributed by atoms with van der Waals surface area (Å²) < 4.78 is 13.2. The molecule has 0 unspecified atom stereocenters. The number of β-amino-alcohol motifs (C(OH)–C–C–N with tert-alkyl or cyclic N) is 1. The molecule has 0 aromatic heterocycles. The van der Waals surface area contributed by atoms with E-state index >= 15 is 0 Å². The molecule has 2 aliphatic rings. The number of amides is 1. The monoisotopic (exact) mass is 278 g/mol. The second-order valence-corrected chi connectivity index (χ2v) is 5.61. The first-order valence-electron chi connectivity index (χ1n) is 7.09. The van der Waals surface area contributed by atoms with Gasteiger partial charge in [-0.15, -0.1) is 0 Å². The molecule has 0 spiro atoms. The van der Waals surface area contributed by atoms with E-state index in [0.717, 1.165) is 26.1 Å². The number of likely N-dealkylation sites (tertiary alicyclic amines) is 2. The maximum absolute atomic E-state index is 13.2. The second-order valence-electron chi connectivity index (χ2n) is 5.61. The highest BCUT2D eigenvalue weighted by Crippen LogP contribution is 2.32. The lowest BCUT2D eigenvalue weighted by molar-refractivity contribution is 0.0724. The molecule has 2 heterocycles. The van der Waals surface area contributed by atoms with Crippen molar-refractivity contribution in [3.05, 3.63) is 35.6 Å². The van der Waals surface area contributed by atoms with E-state index in [-0.39, 0.29) is 24.4 Å². The van der Waals surface area contributed by atoms with E-state index in [4.69, 9.17) is 5.11 Å². The van der Waals surface area contributed by atoms with Gasteiger partial charge in [0, 0.05) is 37.8 Å². The molecule has 3 rings (SSSR count). The van der Waals surface area contributed by atoms with Crippen molar-refractivity contribution in [2.75, 3.05) is 32.8 Å². The lowest BCUT2D eigenvalue weighted by Crippen LogP contribution is -2.40. The van der Waals surface area contributed by atoms with E-state index in [1.807, 2.05) is 4.90 Å². The third-order valence-corrected chi connectivity index (χ3v) is 4.37. The van der Waals surface area contributed by atoms with Crippen molar-refractivity contribution in [2.45, 2.75) is 12.5 Å². The summed E-state index contributed by atoms with van der Waals surface area (Å²) >= 11 is 0. The van der Waals surface area contributed by atoms with Gasteiger partial charge in [-0.1, -0.05) is 6.07 Å². The molecule has 1 N–H and O–H groups in total. The fourth-order valence-corrected chi connectivity index (χ4v) is 3.41. The summed E-state index contributed by atoms with van der Waals surface area (Å²) in [5, 5.41) is 9.01. The molecule has 4 nitrogen and oxygen atoms in total. The van der Waals surface area contributed by atoms with Crippen LogP contribution in [-0.2, 0) is 0 Å². The number of rotatable bonds is 3. The molecule has 0 bridgehead atoms. The van der Waals surface area contributed by atoms with E-state index in [2.05, 4.69) is 4.90 Å². The van der Waals surface area contributed by atoms with Crippen molar-refractivity contribution in [1.82, 2.24) is 9.80 Å². The topological polar surface area (TPSA) is 43.8 Å². The molecule has 5 heteroatoms. The van der Waals surface area contributed by atoms with Crippen LogP contribution in [0.3, 0.4) is 0 Å². The Labute approximate surface area is 117 Å². The van der Waals surface area contributed by atoms with Crippen LogP contribution in [0.1, 0.15) is 16.8 Å². The zero-order valence-corrected chi connectivity index (χ0v) is 11.3. The van der Waals surface area contributed by atoms with Crippen LogP contribution in [0, 0.1) is 11.7 Å². The smallest absolute Gasteiger partial charge is 0.254 e. The van der Waals surface area contributed by atoms with Gasteiger partial charge in [-0.2, -0.15) is 0 Å². The average molecular weight is 278 g/mol. The first kappa shape index (κ1) is 13.5. The van der Waals surface area contributed by atoms with Gasteiger partial charge >= 0.3 is 0 Å². The Hall–Kier alpha value is -1.46. The average Bonchev–Trinajstić information content (AvgIpc) is 2.98. The van der Waals surface area contributed by atoms with Crippen LogP contribution in [0.4, 0.5) is 4.39 Å². The molecule has 2 atom stereocenters. The number of hydrogen-bond donors (Lipinski definition) is 1. The Kier molecular flexibility index (Phi) is 3.72. The summed E-state index contributed by atoms with van der Waals surface area (Å²) in [4.78, 5) is 16.6. The zero-order valence-electron chi connectivity index (χ0n) is 11.3. The Morgan fingerprint density at radius 3 is 3.00 bits per heavy atom. The van der Waals surface area contributed by atoms with E-state index in [9.17, 15) is 9.18 Å². The van der Waals surface area contributed by atoms with Gasteiger partial charge < -0.3 is 10.0 Å². The van der Waals surface area contributed by atoms with Gasteiger partial charge in [0.25, 0.3) is 5.91 Å². The highest BCUT2D eigenvalue weighted by molar-refractivity contribution is 5.94. The number of hydrogen-bond acceptors (Lipinski definition) is 3. The van der Waals surface area contributed by atoms with Crippen LogP contribution in [0.15, 0.2) is 24.3 Å². The van der Waals surface area contributed by atoms with Crippen molar-refractivity contribution < 1.29 is 14.3 Å². The fourth-order valence-electron chi connectivity index (χ4n) is 3.41. The van der Waals surface area contributed by atoms with E-state index < -0.39 is 0 Å². The number of aliphatic hydroxyl groups excluding tert-OH is 1. The quantitative estimate of drug-likeness (QED) is 0.896. The summed E-state index contributed by atoms with van der Waals surface area (Å²) in [5.74, 6) is 0.0295. The Morgan fingerprint density at radius 2 is 2.25 bits per heavy atom. The first-order valence-corrected chi connectivity index (χ1v) is 7.09. The lowest BCUT2D eigenvalue weighted by atomic mass is 10.0. The maximum Gasteiger partial charge on any atom is 0.254 e. The van der Waals surface area contributed by atoms with Crippen molar-refractivity contribution in [3.8, 4) is 0 Å². The third-order valence-electron chi connectivity index (χ3n) is 4.37. The summed E-state index contributed by atoms with van der Waals surface area (Å²) in [6, 6.07) is 6.09. The number of carbonyl (C=O) groups is 1. The molecule has 0 saturated carbocycles. The Morgan fingerprint density at radius 1 is 1.40 bits per heavy atom. The standard InChI is InChI=1S/C15H19FN2O2/c16-13-3-1-2-11(8-13)15(20)18-5-4-12-9-17(6-7-19)10-14(12)18/h1-3,8,12,14,19H,4-7,9-10H2/t12-,14+/m0/s1. The number of benzene rings is 1. The van der Waals surface area contributed by atoms with Crippen molar-refractivity contribution in [1.29, 1.82) is 0 Å². The molecule has 2 fully saturated rings. The van der Waals surface area contributed by atoms with Crippen LogP contribution in [0.2, 0.25) is 0 Å². The largest absolute Gasteiger partial charge is 0.395 e. The van der Waals surface area contributed by atoms with Crippen LogP contribution in [0.5, 0.6) is 0 Å². The number of carbonyl (C=O) groups excluding carboxylic acids is 1. The Bertz CT molecular complexity index is 508.